The molecule has 33 heavy (non-hydrogen) atoms. The van der Waals surface area contributed by atoms with E-state index in [0.29, 0.717) is 28.6 Å². The molecule has 0 unspecified atom stereocenters. The SMILES string of the molecule is O=C(COc1ccccc1/C=N\NC(=O)C(=O)Nc1cccc(Cl)c1)NCc1ccccc1. The number of anilines is 1. The average Bonchev–Trinajstić information content (AvgIpc) is 2.82. The average molecular weight is 465 g/mol. The summed E-state index contributed by atoms with van der Waals surface area (Å²) in [5, 5.41) is 9.42. The first-order chi connectivity index (χ1) is 16.0. The monoisotopic (exact) mass is 464 g/mol. The summed E-state index contributed by atoms with van der Waals surface area (Å²) < 4.78 is 5.57. The van der Waals surface area contributed by atoms with E-state index < -0.39 is 11.8 Å². The third-order valence-corrected chi connectivity index (χ3v) is 4.50. The van der Waals surface area contributed by atoms with Gasteiger partial charge in [0.1, 0.15) is 5.75 Å². The van der Waals surface area contributed by atoms with Crippen LogP contribution in [0, 0.1) is 0 Å². The number of amides is 3. The van der Waals surface area contributed by atoms with E-state index in [-0.39, 0.29) is 12.5 Å². The zero-order valence-electron chi connectivity index (χ0n) is 17.5. The number of ether oxygens (including phenoxy) is 1. The number of para-hydroxylation sites is 1. The number of halogens is 1. The van der Waals surface area contributed by atoms with Gasteiger partial charge in [0.05, 0.1) is 6.21 Å². The molecule has 8 nitrogen and oxygen atoms in total. The molecule has 0 saturated carbocycles. The fourth-order valence-electron chi connectivity index (χ4n) is 2.67. The maximum absolute atomic E-state index is 12.1. The predicted molar refractivity (Wildman–Crippen MR) is 126 cm³/mol. The van der Waals surface area contributed by atoms with Gasteiger partial charge in [-0.2, -0.15) is 5.10 Å². The van der Waals surface area contributed by atoms with Crippen molar-refractivity contribution in [3.8, 4) is 5.75 Å². The Morgan fingerprint density at radius 3 is 2.45 bits per heavy atom. The van der Waals surface area contributed by atoms with Crippen LogP contribution < -0.4 is 20.8 Å². The maximum atomic E-state index is 12.1. The number of hydrogen-bond acceptors (Lipinski definition) is 5. The predicted octanol–water partition coefficient (Wildman–Crippen LogP) is 3.12. The molecule has 9 heteroatoms. The van der Waals surface area contributed by atoms with Crippen molar-refractivity contribution in [2.75, 3.05) is 11.9 Å². The molecule has 0 saturated heterocycles. The van der Waals surface area contributed by atoms with Crippen LogP contribution in [0.1, 0.15) is 11.1 Å². The van der Waals surface area contributed by atoms with E-state index >= 15 is 0 Å². The standard InChI is InChI=1S/C24H21ClN4O4/c25-19-10-6-11-20(13-19)28-23(31)24(32)29-27-15-18-9-4-5-12-21(18)33-16-22(30)26-14-17-7-2-1-3-8-17/h1-13,15H,14,16H2,(H,26,30)(H,28,31)(H,29,32)/b27-15-. The van der Waals surface area contributed by atoms with Crippen LogP contribution in [0.25, 0.3) is 0 Å². The van der Waals surface area contributed by atoms with Gasteiger partial charge in [-0.1, -0.05) is 60.1 Å². The zero-order chi connectivity index (χ0) is 23.5. The van der Waals surface area contributed by atoms with Gasteiger partial charge >= 0.3 is 11.8 Å². The van der Waals surface area contributed by atoms with Gasteiger partial charge in [0.2, 0.25) is 0 Å². The fraction of sp³-hybridized carbons (Fsp3) is 0.0833. The number of carbonyl (C=O) groups is 3. The molecule has 3 aromatic carbocycles. The second-order valence-corrected chi connectivity index (χ2v) is 7.19. The lowest BCUT2D eigenvalue weighted by atomic mass is 10.2. The Morgan fingerprint density at radius 1 is 0.909 bits per heavy atom. The van der Waals surface area contributed by atoms with Crippen LogP contribution in [-0.4, -0.2) is 30.5 Å². The third-order valence-electron chi connectivity index (χ3n) is 4.27. The molecule has 168 valence electrons. The van der Waals surface area contributed by atoms with Crippen LogP contribution in [0.5, 0.6) is 5.75 Å². The summed E-state index contributed by atoms with van der Waals surface area (Å²) in [6, 6.07) is 22.8. The summed E-state index contributed by atoms with van der Waals surface area (Å²) in [5.41, 5.74) is 4.03. The number of hydrogen-bond donors (Lipinski definition) is 3. The van der Waals surface area contributed by atoms with E-state index in [1.807, 2.05) is 30.3 Å². The van der Waals surface area contributed by atoms with Crippen LogP contribution in [0.15, 0.2) is 84.0 Å². The van der Waals surface area contributed by atoms with Gasteiger partial charge in [-0.25, -0.2) is 5.43 Å². The normalized spacial score (nSPS) is 10.5. The first-order valence-corrected chi connectivity index (χ1v) is 10.3. The molecule has 0 aromatic heterocycles. The first-order valence-electron chi connectivity index (χ1n) is 9.93. The second-order valence-electron chi connectivity index (χ2n) is 6.75. The smallest absolute Gasteiger partial charge is 0.329 e. The lowest BCUT2D eigenvalue weighted by Crippen LogP contribution is -2.32. The molecule has 0 aliphatic carbocycles. The maximum Gasteiger partial charge on any atom is 0.329 e. The van der Waals surface area contributed by atoms with Crippen LogP contribution in [-0.2, 0) is 20.9 Å². The van der Waals surface area contributed by atoms with Crippen molar-refractivity contribution in [3.05, 3.63) is 95.0 Å². The van der Waals surface area contributed by atoms with Crippen molar-refractivity contribution < 1.29 is 19.1 Å². The lowest BCUT2D eigenvalue weighted by Gasteiger charge is -2.09. The van der Waals surface area contributed by atoms with Gasteiger partial charge < -0.3 is 15.4 Å². The summed E-state index contributed by atoms with van der Waals surface area (Å²) in [5.74, 6) is -1.73. The summed E-state index contributed by atoms with van der Waals surface area (Å²) in [6.07, 6.45) is 1.32. The van der Waals surface area contributed by atoms with E-state index in [0.717, 1.165) is 5.56 Å². The van der Waals surface area contributed by atoms with Crippen molar-refractivity contribution in [2.24, 2.45) is 5.10 Å². The number of nitrogens with one attached hydrogen (secondary N) is 3. The Morgan fingerprint density at radius 2 is 1.67 bits per heavy atom. The summed E-state index contributed by atoms with van der Waals surface area (Å²) in [6.45, 7) is 0.210. The highest BCUT2D eigenvalue weighted by Gasteiger charge is 2.13. The molecule has 0 atom stereocenters. The number of carbonyl (C=O) groups excluding carboxylic acids is 3. The van der Waals surface area contributed by atoms with Crippen molar-refractivity contribution in [1.29, 1.82) is 0 Å². The molecule has 3 aromatic rings. The molecule has 3 rings (SSSR count). The minimum atomic E-state index is -0.954. The zero-order valence-corrected chi connectivity index (χ0v) is 18.2. The summed E-state index contributed by atoms with van der Waals surface area (Å²) in [4.78, 5) is 36.0. The molecule has 0 spiro atoms. The highest BCUT2D eigenvalue weighted by molar-refractivity contribution is 6.39. The Balaban J connectivity index is 1.49. The van der Waals surface area contributed by atoms with Gasteiger partial charge in [-0.15, -0.1) is 0 Å². The Labute approximate surface area is 195 Å². The molecule has 0 aliphatic heterocycles. The summed E-state index contributed by atoms with van der Waals surface area (Å²) >= 11 is 5.85. The molecular formula is C24H21ClN4O4. The third kappa shape index (κ3) is 7.79. The van der Waals surface area contributed by atoms with Gasteiger partial charge in [-0.05, 0) is 35.9 Å². The topological polar surface area (TPSA) is 109 Å². The van der Waals surface area contributed by atoms with E-state index in [1.165, 1.54) is 12.3 Å². The molecule has 3 N–H and O–H groups in total. The van der Waals surface area contributed by atoms with Gasteiger partial charge in [-0.3, -0.25) is 14.4 Å². The molecule has 3 amide bonds. The highest BCUT2D eigenvalue weighted by atomic mass is 35.5. The van der Waals surface area contributed by atoms with Gasteiger partial charge in [0.15, 0.2) is 6.61 Å². The first kappa shape index (κ1) is 23.5. The minimum Gasteiger partial charge on any atom is -0.483 e. The van der Waals surface area contributed by atoms with Crippen molar-refractivity contribution in [2.45, 2.75) is 6.54 Å². The van der Waals surface area contributed by atoms with E-state index in [2.05, 4.69) is 21.2 Å². The van der Waals surface area contributed by atoms with Crippen LogP contribution in [0.4, 0.5) is 5.69 Å². The van der Waals surface area contributed by atoms with Gasteiger partial charge in [0, 0.05) is 22.8 Å². The summed E-state index contributed by atoms with van der Waals surface area (Å²) in [7, 11) is 0. The fourth-order valence-corrected chi connectivity index (χ4v) is 2.87. The highest BCUT2D eigenvalue weighted by Crippen LogP contribution is 2.16. The number of hydrazone groups is 1. The van der Waals surface area contributed by atoms with Crippen molar-refractivity contribution >= 4 is 41.2 Å². The number of nitrogens with zero attached hydrogens (tertiary/aromatic N) is 1. The Bertz CT molecular complexity index is 1150. The number of benzene rings is 3. The van der Waals surface area contributed by atoms with Crippen molar-refractivity contribution in [3.63, 3.8) is 0 Å². The molecule has 0 radical (unpaired) electrons. The van der Waals surface area contributed by atoms with Crippen LogP contribution in [0.2, 0.25) is 5.02 Å². The van der Waals surface area contributed by atoms with E-state index in [9.17, 15) is 14.4 Å². The minimum absolute atomic E-state index is 0.188. The van der Waals surface area contributed by atoms with Crippen LogP contribution >= 0.6 is 11.6 Å². The Hall–Kier alpha value is -4.17. The van der Waals surface area contributed by atoms with Crippen LogP contribution in [0.3, 0.4) is 0 Å². The second kappa shape index (κ2) is 12.0. The molecular weight excluding hydrogens is 444 g/mol. The van der Waals surface area contributed by atoms with Gasteiger partial charge in [0.25, 0.3) is 5.91 Å². The lowest BCUT2D eigenvalue weighted by molar-refractivity contribution is -0.136. The van der Waals surface area contributed by atoms with E-state index in [4.69, 9.17) is 16.3 Å². The quantitative estimate of drug-likeness (QED) is 0.270. The largest absolute Gasteiger partial charge is 0.483 e. The molecule has 0 bridgehead atoms. The number of rotatable bonds is 8. The molecule has 0 fully saturated rings. The molecule has 0 aliphatic rings. The van der Waals surface area contributed by atoms with Crippen molar-refractivity contribution in [1.82, 2.24) is 10.7 Å². The van der Waals surface area contributed by atoms with E-state index in [1.54, 1.807) is 42.5 Å². The molecule has 0 heterocycles. The Kier molecular flexibility index (Phi) is 8.55.